The maximum atomic E-state index is 12.7. The lowest BCUT2D eigenvalue weighted by Crippen LogP contribution is -2.24. The molecule has 182 valence electrons. The average molecular weight is 537 g/mol. The summed E-state index contributed by atoms with van der Waals surface area (Å²) in [5.74, 6) is 0.831. The number of hydrogen-bond donors (Lipinski definition) is 2. The van der Waals surface area contributed by atoms with Gasteiger partial charge in [0.1, 0.15) is 5.75 Å². The molecule has 0 spiro atoms. The number of anilines is 1. The molecule has 12 heteroatoms. The smallest absolute Gasteiger partial charge is 0.261 e. The van der Waals surface area contributed by atoms with E-state index >= 15 is 0 Å². The second-order valence-electron chi connectivity index (χ2n) is 7.39. The maximum Gasteiger partial charge on any atom is 0.261 e. The van der Waals surface area contributed by atoms with E-state index in [1.54, 1.807) is 17.7 Å². The molecule has 0 saturated heterocycles. The third-order valence-electron chi connectivity index (χ3n) is 5.05. The summed E-state index contributed by atoms with van der Waals surface area (Å²) < 4.78 is 8.34. The largest absolute Gasteiger partial charge is 0.495 e. The fourth-order valence-electron chi connectivity index (χ4n) is 3.43. The van der Waals surface area contributed by atoms with E-state index in [0.717, 1.165) is 10.2 Å². The van der Waals surface area contributed by atoms with E-state index < -0.39 is 0 Å². The molecule has 0 aliphatic heterocycles. The fourth-order valence-corrected chi connectivity index (χ4v) is 5.72. The van der Waals surface area contributed by atoms with Crippen LogP contribution in [0.15, 0.2) is 71.2 Å². The minimum absolute atomic E-state index is 0.102. The number of nitrogens with one attached hydrogen (secondary N) is 2. The molecule has 5 rings (SSSR count). The van der Waals surface area contributed by atoms with Crippen molar-refractivity contribution in [1.29, 1.82) is 0 Å². The van der Waals surface area contributed by atoms with Gasteiger partial charge in [-0.2, -0.15) is 0 Å². The topological polar surface area (TPSA) is 111 Å². The van der Waals surface area contributed by atoms with E-state index in [2.05, 4.69) is 25.8 Å². The first kappa shape index (κ1) is 24.0. The molecule has 5 aromatic rings. The van der Waals surface area contributed by atoms with Crippen molar-refractivity contribution >= 4 is 61.6 Å². The maximum absolute atomic E-state index is 12.7. The Morgan fingerprint density at radius 3 is 2.69 bits per heavy atom. The van der Waals surface area contributed by atoms with Crippen LogP contribution in [-0.2, 0) is 11.3 Å². The summed E-state index contributed by atoms with van der Waals surface area (Å²) in [7, 11) is 1.58. The van der Waals surface area contributed by atoms with Crippen molar-refractivity contribution in [2.45, 2.75) is 11.7 Å². The molecule has 9 nitrogen and oxygen atoms in total. The summed E-state index contributed by atoms with van der Waals surface area (Å²) in [4.78, 5) is 30.2. The van der Waals surface area contributed by atoms with Crippen molar-refractivity contribution in [3.05, 3.63) is 76.7 Å². The van der Waals surface area contributed by atoms with Crippen LogP contribution < -0.4 is 15.4 Å². The van der Waals surface area contributed by atoms with E-state index in [9.17, 15) is 9.59 Å². The molecule has 3 heterocycles. The Bertz CT molecular complexity index is 1480. The van der Waals surface area contributed by atoms with Gasteiger partial charge in [0.05, 0.1) is 40.2 Å². The number of thiophene rings is 1. The Morgan fingerprint density at radius 1 is 1.06 bits per heavy atom. The summed E-state index contributed by atoms with van der Waals surface area (Å²) >= 11 is 4.02. The third-order valence-corrected chi connectivity index (χ3v) is 7.80. The van der Waals surface area contributed by atoms with Crippen LogP contribution in [0.2, 0.25) is 0 Å². The zero-order valence-corrected chi connectivity index (χ0v) is 21.5. The molecular weight excluding hydrogens is 517 g/mol. The molecule has 0 atom stereocenters. The number of nitrogens with zero attached hydrogens (tertiary/aromatic N) is 4. The number of thioether (sulfide) groups is 1. The van der Waals surface area contributed by atoms with E-state index in [-0.39, 0.29) is 24.1 Å². The molecule has 3 aromatic heterocycles. The molecule has 0 aliphatic rings. The highest BCUT2D eigenvalue weighted by atomic mass is 32.2. The number of benzene rings is 2. The number of methoxy groups -OCH3 is 1. The molecule has 0 radical (unpaired) electrons. The van der Waals surface area contributed by atoms with Gasteiger partial charge in [-0.3, -0.25) is 14.2 Å². The molecule has 0 aliphatic carbocycles. The monoisotopic (exact) mass is 536 g/mol. The fraction of sp³-hybridized carbons (Fsp3) is 0.125. The van der Waals surface area contributed by atoms with Gasteiger partial charge in [0.25, 0.3) is 5.91 Å². The second-order valence-corrected chi connectivity index (χ2v) is 10.3. The molecule has 0 saturated carbocycles. The number of thiazole rings is 1. The van der Waals surface area contributed by atoms with Crippen LogP contribution in [0.4, 0.5) is 5.13 Å². The van der Waals surface area contributed by atoms with E-state index in [4.69, 9.17) is 4.74 Å². The number of amides is 2. The third kappa shape index (κ3) is 5.25. The first-order valence-corrected chi connectivity index (χ1v) is 13.5. The van der Waals surface area contributed by atoms with Crippen molar-refractivity contribution in [3.63, 3.8) is 0 Å². The summed E-state index contributed by atoms with van der Waals surface area (Å²) in [5.41, 5.74) is 1.55. The minimum Gasteiger partial charge on any atom is -0.495 e. The Labute approximate surface area is 218 Å². The summed E-state index contributed by atoms with van der Waals surface area (Å²) in [5, 5.41) is 17.2. The van der Waals surface area contributed by atoms with Crippen LogP contribution in [0, 0.1) is 0 Å². The number of carbonyl (C=O) groups is 2. The Morgan fingerprint density at radius 2 is 1.89 bits per heavy atom. The molecule has 0 bridgehead atoms. The lowest BCUT2D eigenvalue weighted by Gasteiger charge is -2.14. The van der Waals surface area contributed by atoms with Crippen molar-refractivity contribution in [1.82, 2.24) is 25.1 Å². The minimum atomic E-state index is -0.207. The predicted octanol–water partition coefficient (Wildman–Crippen LogP) is 4.61. The first-order chi connectivity index (χ1) is 17.6. The molecule has 2 aromatic carbocycles. The van der Waals surface area contributed by atoms with Crippen LogP contribution >= 0.6 is 34.4 Å². The number of carbonyl (C=O) groups excluding carboxylic acids is 2. The van der Waals surface area contributed by atoms with Gasteiger partial charge in [-0.05, 0) is 35.7 Å². The summed E-state index contributed by atoms with van der Waals surface area (Å²) in [6.07, 6.45) is 0. The lowest BCUT2D eigenvalue weighted by atomic mass is 10.3. The molecular formula is C24H20N6O3S3. The van der Waals surface area contributed by atoms with Crippen molar-refractivity contribution in [2.75, 3.05) is 18.2 Å². The van der Waals surface area contributed by atoms with Gasteiger partial charge < -0.3 is 15.4 Å². The van der Waals surface area contributed by atoms with E-state index in [0.29, 0.717) is 32.4 Å². The van der Waals surface area contributed by atoms with Crippen LogP contribution in [0.3, 0.4) is 0 Å². The number of fused-ring (bicyclic) bond motifs is 1. The van der Waals surface area contributed by atoms with Gasteiger partial charge in [0.15, 0.2) is 16.1 Å². The van der Waals surface area contributed by atoms with Crippen molar-refractivity contribution in [3.8, 4) is 11.4 Å². The van der Waals surface area contributed by atoms with Crippen LogP contribution in [-0.4, -0.2) is 44.4 Å². The van der Waals surface area contributed by atoms with Crippen LogP contribution in [0.25, 0.3) is 15.9 Å². The van der Waals surface area contributed by atoms with Crippen LogP contribution in [0.5, 0.6) is 5.75 Å². The Balaban J connectivity index is 1.34. The molecule has 2 N–H and O–H groups in total. The quantitative estimate of drug-likeness (QED) is 0.265. The number of aromatic nitrogens is 4. The van der Waals surface area contributed by atoms with Gasteiger partial charge in [-0.1, -0.05) is 53.4 Å². The highest BCUT2D eigenvalue weighted by molar-refractivity contribution is 7.99. The Hall–Kier alpha value is -3.74. The number of para-hydroxylation sites is 3. The van der Waals surface area contributed by atoms with Crippen molar-refractivity contribution < 1.29 is 14.3 Å². The van der Waals surface area contributed by atoms with Gasteiger partial charge >= 0.3 is 0 Å². The highest BCUT2D eigenvalue weighted by Crippen LogP contribution is 2.29. The molecule has 0 unspecified atom stereocenters. The first-order valence-electron chi connectivity index (χ1n) is 10.8. The zero-order valence-electron chi connectivity index (χ0n) is 19.0. The van der Waals surface area contributed by atoms with Gasteiger partial charge in [0, 0.05) is 0 Å². The standard InChI is InChI=1S/C24H20N6O3S3/c1-33-17-9-4-3-8-16(17)30-20(13-25-22(32)19-11-6-12-34-19)28-29-24(30)35-14-21(31)27-23-26-15-7-2-5-10-18(15)36-23/h2-12H,13-14H2,1H3,(H,25,32)(H,26,27,31). The Kier molecular flexibility index (Phi) is 7.26. The zero-order chi connectivity index (χ0) is 24.9. The summed E-state index contributed by atoms with van der Waals surface area (Å²) in [6.45, 7) is 0.153. The second kappa shape index (κ2) is 10.9. The molecule has 36 heavy (non-hydrogen) atoms. The number of hydrogen-bond acceptors (Lipinski definition) is 9. The number of ether oxygens (including phenoxy) is 1. The lowest BCUT2D eigenvalue weighted by molar-refractivity contribution is -0.113. The van der Waals surface area contributed by atoms with Crippen LogP contribution in [0.1, 0.15) is 15.5 Å². The number of rotatable bonds is 9. The highest BCUT2D eigenvalue weighted by Gasteiger charge is 2.20. The molecule has 2 amide bonds. The summed E-state index contributed by atoms with van der Waals surface area (Å²) in [6, 6.07) is 18.7. The van der Waals surface area contributed by atoms with Gasteiger partial charge in [-0.15, -0.1) is 21.5 Å². The van der Waals surface area contributed by atoms with Crippen molar-refractivity contribution in [2.24, 2.45) is 0 Å². The van der Waals surface area contributed by atoms with Gasteiger partial charge in [-0.25, -0.2) is 4.98 Å². The van der Waals surface area contributed by atoms with E-state index in [1.807, 2.05) is 60.0 Å². The van der Waals surface area contributed by atoms with E-state index in [1.165, 1.54) is 34.4 Å². The normalized spacial score (nSPS) is 10.9. The predicted molar refractivity (Wildman–Crippen MR) is 142 cm³/mol. The van der Waals surface area contributed by atoms with Gasteiger partial charge in [0.2, 0.25) is 5.91 Å². The molecule has 0 fully saturated rings. The SMILES string of the molecule is COc1ccccc1-n1c(CNC(=O)c2cccs2)nnc1SCC(=O)Nc1nc2ccccc2s1. The average Bonchev–Trinajstić information content (AvgIpc) is 3.65.